The summed E-state index contributed by atoms with van der Waals surface area (Å²) in [7, 11) is 1.48. The minimum atomic E-state index is -0.864. The van der Waals surface area contributed by atoms with E-state index in [-0.39, 0.29) is 31.8 Å². The maximum atomic E-state index is 13.3. The van der Waals surface area contributed by atoms with Gasteiger partial charge in [0.05, 0.1) is 0 Å². The van der Waals surface area contributed by atoms with Crippen molar-refractivity contribution in [1.29, 1.82) is 0 Å². The van der Waals surface area contributed by atoms with E-state index < -0.39 is 11.5 Å². The average molecular weight is 465 g/mol. The molecule has 0 amide bonds. The topological polar surface area (TPSA) is 35.5 Å². The number of esters is 1. The Morgan fingerprint density at radius 3 is 1.87 bits per heavy atom. The van der Waals surface area contributed by atoms with Gasteiger partial charge in [-0.25, -0.2) is 0 Å². The third kappa shape index (κ3) is 3.72. The summed E-state index contributed by atoms with van der Waals surface area (Å²) in [5.41, 5.74) is 1.13. The molecule has 0 unspecified atom stereocenters. The molecule has 0 N–H and O–H groups in total. The van der Waals surface area contributed by atoms with Gasteiger partial charge in [-0.1, -0.05) is 0 Å². The molecule has 30 heavy (non-hydrogen) atoms. The normalized spacial score (nSPS) is 22.5. The fourth-order valence-electron chi connectivity index (χ4n) is 4.40. The monoisotopic (exact) mass is 466 g/mol. The van der Waals surface area contributed by atoms with Gasteiger partial charge in [0.1, 0.15) is 0 Å². The Labute approximate surface area is 184 Å². The number of carbonyl (C=O) groups excluding carboxylic acids is 1. The number of rotatable bonds is 6. The third-order valence-corrected chi connectivity index (χ3v) is 8.67. The fraction of sp³-hybridized carbons (Fsp3) is 0.269. The second-order valence-electron chi connectivity index (χ2n) is 7.43. The van der Waals surface area contributed by atoms with Crippen molar-refractivity contribution in [2.24, 2.45) is 5.92 Å². The second kappa shape index (κ2) is 9.18. The molecule has 3 nitrogen and oxygen atoms in total. The summed E-state index contributed by atoms with van der Waals surface area (Å²) >= 11 is 0.0616. The Morgan fingerprint density at radius 1 is 0.900 bits per heavy atom. The number of benzene rings is 3. The molecule has 0 saturated carbocycles. The number of hydrogen-bond donors (Lipinski definition) is 0. The predicted octanol–water partition coefficient (Wildman–Crippen LogP) is 4.35. The zero-order valence-corrected chi connectivity index (χ0v) is 18.9. The van der Waals surface area contributed by atoms with Crippen LogP contribution in [0.3, 0.4) is 0 Å². The molecular weight excluding hydrogens is 439 g/mol. The van der Waals surface area contributed by atoms with Crippen molar-refractivity contribution in [1.82, 2.24) is 0 Å². The van der Waals surface area contributed by atoms with Crippen molar-refractivity contribution in [3.8, 4) is 0 Å². The molecule has 0 bridgehead atoms. The molecule has 0 aromatic heterocycles. The van der Waals surface area contributed by atoms with Crippen molar-refractivity contribution in [3.05, 3.63) is 102 Å². The summed E-state index contributed by atoms with van der Waals surface area (Å²) < 4.78 is 13.6. The van der Waals surface area contributed by atoms with Gasteiger partial charge in [0, 0.05) is 0 Å². The summed E-state index contributed by atoms with van der Waals surface area (Å²) in [4.78, 5) is 13.4. The van der Waals surface area contributed by atoms with Crippen LogP contribution in [0.2, 0.25) is 4.82 Å². The molecular formula is C26H26O3Se. The van der Waals surface area contributed by atoms with E-state index in [1.54, 1.807) is 0 Å². The van der Waals surface area contributed by atoms with E-state index in [2.05, 4.69) is 55.5 Å². The van der Waals surface area contributed by atoms with Crippen LogP contribution in [-0.4, -0.2) is 34.1 Å². The summed E-state index contributed by atoms with van der Waals surface area (Å²) in [5.74, 6) is -0.626. The Kier molecular flexibility index (Phi) is 6.38. The molecule has 1 heterocycles. The molecule has 3 aromatic carbocycles. The minimum absolute atomic E-state index is 0.0327. The van der Waals surface area contributed by atoms with Crippen LogP contribution < -0.4 is 4.46 Å². The second-order valence-corrected chi connectivity index (χ2v) is 10.1. The first-order valence-corrected chi connectivity index (χ1v) is 12.1. The average Bonchev–Trinajstić information content (AvgIpc) is 3.15. The van der Waals surface area contributed by atoms with Gasteiger partial charge in [-0.2, -0.15) is 0 Å². The van der Waals surface area contributed by atoms with Gasteiger partial charge in [0.2, 0.25) is 0 Å². The van der Waals surface area contributed by atoms with Gasteiger partial charge in [0.25, 0.3) is 0 Å². The third-order valence-electron chi connectivity index (χ3n) is 5.75. The molecule has 0 radical (unpaired) electrons. The van der Waals surface area contributed by atoms with Crippen LogP contribution in [0.15, 0.2) is 91.0 Å². The van der Waals surface area contributed by atoms with E-state index in [1.807, 2.05) is 42.5 Å². The fourth-order valence-corrected chi connectivity index (χ4v) is 7.48. The predicted molar refractivity (Wildman–Crippen MR) is 120 cm³/mol. The number of ether oxygens (including phenoxy) is 2. The van der Waals surface area contributed by atoms with Crippen LogP contribution in [0.1, 0.15) is 24.5 Å². The summed E-state index contributed by atoms with van der Waals surface area (Å²) in [5, 5.41) is 0. The molecule has 1 fully saturated rings. The van der Waals surface area contributed by atoms with Crippen LogP contribution in [-0.2, 0) is 19.9 Å². The summed E-state index contributed by atoms with van der Waals surface area (Å²) in [6.07, 6.45) is 0.809. The molecule has 154 valence electrons. The molecule has 4 heteroatoms. The van der Waals surface area contributed by atoms with Gasteiger partial charge in [-0.3, -0.25) is 0 Å². The van der Waals surface area contributed by atoms with E-state index in [0.29, 0.717) is 0 Å². The van der Waals surface area contributed by atoms with E-state index in [9.17, 15) is 4.79 Å². The molecule has 1 aliphatic rings. The van der Waals surface area contributed by atoms with Crippen molar-refractivity contribution in [2.75, 3.05) is 7.11 Å². The Hall–Kier alpha value is -2.39. The van der Waals surface area contributed by atoms with Crippen molar-refractivity contribution >= 4 is 25.4 Å². The number of carbonyl (C=O) groups is 1. The first kappa shape index (κ1) is 20.9. The molecule has 3 aromatic rings. The number of hydrogen-bond acceptors (Lipinski definition) is 3. The first-order chi connectivity index (χ1) is 14.7. The van der Waals surface area contributed by atoms with Crippen LogP contribution in [0.25, 0.3) is 0 Å². The van der Waals surface area contributed by atoms with Crippen LogP contribution in [0.4, 0.5) is 0 Å². The van der Waals surface area contributed by atoms with E-state index >= 15 is 0 Å². The quantitative estimate of drug-likeness (QED) is 0.401. The summed E-state index contributed by atoms with van der Waals surface area (Å²) in [6.45, 7) is 2.14. The van der Waals surface area contributed by atoms with Crippen LogP contribution in [0.5, 0.6) is 0 Å². The molecule has 3 atom stereocenters. The Balaban J connectivity index is 1.90. The molecule has 1 saturated heterocycles. The molecule has 4 rings (SSSR count). The van der Waals surface area contributed by atoms with Gasteiger partial charge in [0.15, 0.2) is 0 Å². The van der Waals surface area contributed by atoms with Gasteiger partial charge in [-0.15, -0.1) is 0 Å². The Morgan fingerprint density at radius 2 is 1.40 bits per heavy atom. The zero-order chi connectivity index (χ0) is 21.0. The molecule has 0 spiro atoms. The summed E-state index contributed by atoms with van der Waals surface area (Å²) in [6, 6.07) is 30.7. The van der Waals surface area contributed by atoms with E-state index in [0.717, 1.165) is 17.5 Å². The van der Waals surface area contributed by atoms with Crippen molar-refractivity contribution in [3.63, 3.8) is 0 Å². The SMILES string of the molecule is CC[C@@H]1OC(c2ccccc2)(c2ccccc2)[C@H](C(=O)OC)[C@H]1[Se]c1ccccc1. The van der Waals surface area contributed by atoms with Crippen LogP contribution >= 0.6 is 0 Å². The van der Waals surface area contributed by atoms with Crippen LogP contribution in [0, 0.1) is 5.92 Å². The van der Waals surface area contributed by atoms with Crippen molar-refractivity contribution in [2.45, 2.75) is 29.9 Å². The van der Waals surface area contributed by atoms with Crippen molar-refractivity contribution < 1.29 is 14.3 Å². The van der Waals surface area contributed by atoms with Gasteiger partial charge in [-0.05, 0) is 0 Å². The van der Waals surface area contributed by atoms with E-state index in [1.165, 1.54) is 11.6 Å². The number of methoxy groups -OCH3 is 1. The van der Waals surface area contributed by atoms with E-state index in [4.69, 9.17) is 9.47 Å². The molecule has 1 aliphatic heterocycles. The molecule has 0 aliphatic carbocycles. The zero-order valence-electron chi connectivity index (χ0n) is 17.2. The Bertz CT molecular complexity index is 920. The first-order valence-electron chi connectivity index (χ1n) is 10.3. The van der Waals surface area contributed by atoms with Gasteiger partial charge < -0.3 is 0 Å². The standard InChI is InChI=1S/C26H26O3Se/c1-3-22-24(30-21-17-11-6-12-18-21)23(25(27)28-2)26(29-22,19-13-7-4-8-14-19)20-15-9-5-10-16-20/h4-18,22-24H,3H2,1-2H3/t22-,23-,24-/m0/s1. The van der Waals surface area contributed by atoms with Gasteiger partial charge >= 0.3 is 185 Å². The maximum absolute atomic E-state index is 13.3.